The van der Waals surface area contributed by atoms with Gasteiger partial charge in [0, 0.05) is 27.3 Å². The van der Waals surface area contributed by atoms with E-state index in [0.29, 0.717) is 6.61 Å². The predicted molar refractivity (Wildman–Crippen MR) is 83.3 cm³/mol. The second-order valence-electron chi connectivity index (χ2n) is 5.01. The summed E-state index contributed by atoms with van der Waals surface area (Å²) in [6.45, 7) is 0.692. The molecular formula is C18H14OS. The summed E-state index contributed by atoms with van der Waals surface area (Å²) >= 11 is 1.89. The van der Waals surface area contributed by atoms with E-state index >= 15 is 0 Å². The van der Waals surface area contributed by atoms with Crippen molar-refractivity contribution in [2.75, 3.05) is 0 Å². The molecule has 1 nitrogen and oxygen atoms in total. The molecule has 0 amide bonds. The summed E-state index contributed by atoms with van der Waals surface area (Å²) < 4.78 is 5.82. The monoisotopic (exact) mass is 278 g/mol. The Morgan fingerprint density at radius 3 is 2.65 bits per heavy atom. The molecule has 2 heteroatoms. The van der Waals surface area contributed by atoms with Crippen LogP contribution in [0.1, 0.15) is 16.0 Å². The van der Waals surface area contributed by atoms with Gasteiger partial charge in [-0.2, -0.15) is 0 Å². The molecule has 1 aromatic heterocycles. The van der Waals surface area contributed by atoms with E-state index in [2.05, 4.69) is 54.6 Å². The summed E-state index contributed by atoms with van der Waals surface area (Å²) in [6.07, 6.45) is 1.00. The number of hydrogen-bond acceptors (Lipinski definition) is 2. The number of ether oxygens (including phenoxy) is 1. The van der Waals surface area contributed by atoms with Crippen LogP contribution in [0.25, 0.3) is 10.4 Å². The van der Waals surface area contributed by atoms with E-state index in [0.717, 1.165) is 12.2 Å². The third-order valence-corrected chi connectivity index (χ3v) is 4.81. The Hall–Kier alpha value is -2.06. The fourth-order valence-corrected chi connectivity index (χ4v) is 3.87. The van der Waals surface area contributed by atoms with Gasteiger partial charge in [0.2, 0.25) is 0 Å². The molecule has 0 radical (unpaired) electrons. The maximum absolute atomic E-state index is 5.82. The first-order chi connectivity index (χ1) is 9.90. The molecule has 0 bridgehead atoms. The van der Waals surface area contributed by atoms with Gasteiger partial charge in [0.05, 0.1) is 0 Å². The second-order valence-corrected chi connectivity index (χ2v) is 6.15. The molecule has 0 N–H and O–H groups in total. The molecule has 0 atom stereocenters. The van der Waals surface area contributed by atoms with E-state index < -0.39 is 0 Å². The molecule has 0 saturated carbocycles. The van der Waals surface area contributed by atoms with Crippen LogP contribution < -0.4 is 4.74 Å². The standard InChI is InChI=1S/C18H14OS/c1-2-6-13(7-3-1)10-15-11-14-12-19-17-9-5-4-8-16(17)18(14)20-15/h1-9,11H,10,12H2. The topological polar surface area (TPSA) is 9.23 Å². The zero-order valence-corrected chi connectivity index (χ0v) is 11.8. The zero-order valence-electron chi connectivity index (χ0n) is 11.0. The summed E-state index contributed by atoms with van der Waals surface area (Å²) in [4.78, 5) is 2.78. The molecule has 1 aliphatic rings. The van der Waals surface area contributed by atoms with E-state index in [1.165, 1.54) is 26.4 Å². The predicted octanol–water partition coefficient (Wildman–Crippen LogP) is 4.90. The van der Waals surface area contributed by atoms with Crippen molar-refractivity contribution in [3.05, 3.63) is 76.7 Å². The van der Waals surface area contributed by atoms with Crippen molar-refractivity contribution in [3.8, 4) is 16.2 Å². The number of fused-ring (bicyclic) bond motifs is 3. The number of benzene rings is 2. The molecule has 2 heterocycles. The highest BCUT2D eigenvalue weighted by atomic mass is 32.1. The normalized spacial score (nSPS) is 12.4. The summed E-state index contributed by atoms with van der Waals surface area (Å²) in [5.74, 6) is 1.01. The zero-order chi connectivity index (χ0) is 13.4. The largest absolute Gasteiger partial charge is 0.488 e. The van der Waals surface area contributed by atoms with E-state index in [-0.39, 0.29) is 0 Å². The molecule has 0 fully saturated rings. The quantitative estimate of drug-likeness (QED) is 0.648. The van der Waals surface area contributed by atoms with Crippen LogP contribution in [-0.2, 0) is 13.0 Å². The lowest BCUT2D eigenvalue weighted by molar-refractivity contribution is 0.303. The van der Waals surface area contributed by atoms with Gasteiger partial charge in [0.15, 0.2) is 0 Å². The fraction of sp³-hybridized carbons (Fsp3) is 0.111. The third kappa shape index (κ3) is 2.02. The molecule has 3 aromatic rings. The molecule has 0 unspecified atom stereocenters. The highest BCUT2D eigenvalue weighted by Crippen LogP contribution is 2.42. The molecule has 0 saturated heterocycles. The van der Waals surface area contributed by atoms with Gasteiger partial charge >= 0.3 is 0 Å². The molecular weight excluding hydrogens is 264 g/mol. The Balaban J connectivity index is 1.72. The van der Waals surface area contributed by atoms with Crippen molar-refractivity contribution < 1.29 is 4.74 Å². The summed E-state index contributed by atoms with van der Waals surface area (Å²) in [7, 11) is 0. The van der Waals surface area contributed by atoms with Crippen molar-refractivity contribution in [1.82, 2.24) is 0 Å². The highest BCUT2D eigenvalue weighted by Gasteiger charge is 2.19. The average Bonchev–Trinajstić information content (AvgIpc) is 2.91. The van der Waals surface area contributed by atoms with Crippen LogP contribution >= 0.6 is 11.3 Å². The number of hydrogen-bond donors (Lipinski definition) is 0. The fourth-order valence-electron chi connectivity index (χ4n) is 2.64. The van der Waals surface area contributed by atoms with Gasteiger partial charge in [0.25, 0.3) is 0 Å². The van der Waals surface area contributed by atoms with Gasteiger partial charge in [0.1, 0.15) is 12.4 Å². The Labute approximate surface area is 122 Å². The molecule has 0 spiro atoms. The first kappa shape index (κ1) is 11.7. The van der Waals surface area contributed by atoms with Gasteiger partial charge in [-0.15, -0.1) is 11.3 Å². The van der Waals surface area contributed by atoms with Crippen LogP contribution in [0, 0.1) is 0 Å². The Morgan fingerprint density at radius 1 is 0.950 bits per heavy atom. The maximum Gasteiger partial charge on any atom is 0.128 e. The first-order valence-electron chi connectivity index (χ1n) is 6.78. The van der Waals surface area contributed by atoms with Crippen molar-refractivity contribution >= 4 is 11.3 Å². The van der Waals surface area contributed by atoms with E-state index in [9.17, 15) is 0 Å². The first-order valence-corrected chi connectivity index (χ1v) is 7.59. The second kappa shape index (κ2) is 4.80. The van der Waals surface area contributed by atoms with E-state index in [1.54, 1.807) is 0 Å². The molecule has 20 heavy (non-hydrogen) atoms. The van der Waals surface area contributed by atoms with Crippen LogP contribution in [-0.4, -0.2) is 0 Å². The lowest BCUT2D eigenvalue weighted by atomic mass is 10.1. The van der Waals surface area contributed by atoms with Gasteiger partial charge in [-0.3, -0.25) is 0 Å². The van der Waals surface area contributed by atoms with Crippen molar-refractivity contribution in [3.63, 3.8) is 0 Å². The maximum atomic E-state index is 5.82. The van der Waals surface area contributed by atoms with E-state index in [4.69, 9.17) is 4.74 Å². The average molecular weight is 278 g/mol. The Morgan fingerprint density at radius 2 is 1.75 bits per heavy atom. The molecule has 98 valence electrons. The number of thiophene rings is 1. The molecule has 0 aliphatic carbocycles. The van der Waals surface area contributed by atoms with E-state index in [1.807, 2.05) is 17.4 Å². The minimum Gasteiger partial charge on any atom is -0.488 e. The van der Waals surface area contributed by atoms with Gasteiger partial charge in [-0.1, -0.05) is 42.5 Å². The molecule has 4 rings (SSSR count). The Bertz CT molecular complexity index is 743. The highest BCUT2D eigenvalue weighted by molar-refractivity contribution is 7.15. The van der Waals surface area contributed by atoms with Crippen LogP contribution in [0.5, 0.6) is 5.75 Å². The van der Waals surface area contributed by atoms with Crippen molar-refractivity contribution in [1.29, 1.82) is 0 Å². The number of rotatable bonds is 2. The minimum atomic E-state index is 0.692. The summed E-state index contributed by atoms with van der Waals surface area (Å²) in [6, 6.07) is 21.2. The summed E-state index contributed by atoms with van der Waals surface area (Å²) in [5.41, 5.74) is 3.91. The minimum absolute atomic E-state index is 0.692. The van der Waals surface area contributed by atoms with Gasteiger partial charge < -0.3 is 4.74 Å². The SMILES string of the molecule is c1ccc(Cc2cc3c(s2)-c2ccccc2OC3)cc1. The molecule has 1 aliphatic heterocycles. The lowest BCUT2D eigenvalue weighted by Crippen LogP contribution is -2.01. The van der Waals surface area contributed by atoms with Crippen LogP contribution in [0.4, 0.5) is 0 Å². The lowest BCUT2D eigenvalue weighted by Gasteiger charge is -2.16. The smallest absolute Gasteiger partial charge is 0.128 e. The van der Waals surface area contributed by atoms with Crippen LogP contribution in [0.2, 0.25) is 0 Å². The van der Waals surface area contributed by atoms with Crippen LogP contribution in [0.3, 0.4) is 0 Å². The number of para-hydroxylation sites is 1. The summed E-state index contributed by atoms with van der Waals surface area (Å²) in [5, 5.41) is 0. The third-order valence-electron chi connectivity index (χ3n) is 3.60. The van der Waals surface area contributed by atoms with Crippen LogP contribution in [0.15, 0.2) is 60.7 Å². The van der Waals surface area contributed by atoms with Crippen molar-refractivity contribution in [2.24, 2.45) is 0 Å². The van der Waals surface area contributed by atoms with Gasteiger partial charge in [-0.05, 0) is 23.8 Å². The van der Waals surface area contributed by atoms with Crippen molar-refractivity contribution in [2.45, 2.75) is 13.0 Å². The van der Waals surface area contributed by atoms with Gasteiger partial charge in [-0.25, -0.2) is 0 Å². The molecule has 2 aromatic carbocycles. The Kier molecular flexibility index (Phi) is 2.82.